The van der Waals surface area contributed by atoms with Crippen LogP contribution in [0.15, 0.2) is 67.3 Å². The number of carbonyl (C=O) groups is 1. The number of anilines is 2. The number of pyridine rings is 1. The third kappa shape index (κ3) is 6.15. The van der Waals surface area contributed by atoms with Crippen LogP contribution in [0.25, 0.3) is 5.65 Å². The second kappa shape index (κ2) is 11.3. The van der Waals surface area contributed by atoms with Crippen molar-refractivity contribution in [3.63, 3.8) is 0 Å². The lowest BCUT2D eigenvalue weighted by atomic mass is 10.2. The number of rotatable bonds is 6. The molecule has 10 heteroatoms. The summed E-state index contributed by atoms with van der Waals surface area (Å²) in [7, 11) is 0. The number of ether oxygens (including phenoxy) is 2. The van der Waals surface area contributed by atoms with Crippen molar-refractivity contribution < 1.29 is 14.3 Å². The van der Waals surface area contributed by atoms with Crippen LogP contribution < -0.4 is 15.4 Å². The van der Waals surface area contributed by atoms with Crippen LogP contribution in [0.4, 0.5) is 16.2 Å². The van der Waals surface area contributed by atoms with Gasteiger partial charge in [-0.2, -0.15) is 5.10 Å². The molecule has 0 bridgehead atoms. The van der Waals surface area contributed by atoms with E-state index in [2.05, 4.69) is 42.4 Å². The summed E-state index contributed by atoms with van der Waals surface area (Å²) in [5.41, 5.74) is 3.21. The molecule has 2 N–H and O–H groups in total. The quantitative estimate of drug-likeness (QED) is 0.406. The Bertz CT molecular complexity index is 1390. The predicted octanol–water partition coefficient (Wildman–Crippen LogP) is 2.88. The number of urea groups is 1. The second-order valence-corrected chi connectivity index (χ2v) is 8.06. The van der Waals surface area contributed by atoms with E-state index in [0.29, 0.717) is 29.2 Å². The van der Waals surface area contributed by atoms with Crippen LogP contribution in [0.2, 0.25) is 0 Å². The van der Waals surface area contributed by atoms with E-state index in [1.54, 1.807) is 47.5 Å². The summed E-state index contributed by atoms with van der Waals surface area (Å²) in [4.78, 5) is 23.2. The van der Waals surface area contributed by atoms with Crippen molar-refractivity contribution in [1.29, 1.82) is 0 Å². The average Bonchev–Trinajstić information content (AvgIpc) is 3.32. The normalized spacial score (nSPS) is 13.6. The second-order valence-electron chi connectivity index (χ2n) is 8.06. The molecule has 4 aromatic rings. The Morgan fingerprint density at radius 2 is 1.86 bits per heavy atom. The number of carbonyl (C=O) groups excluding carboxylic acids is 1. The third-order valence-electron chi connectivity index (χ3n) is 5.50. The number of imidazole rings is 1. The van der Waals surface area contributed by atoms with Gasteiger partial charge in [-0.15, -0.1) is 0 Å². The molecule has 0 spiro atoms. The van der Waals surface area contributed by atoms with Crippen molar-refractivity contribution >= 4 is 23.1 Å². The highest BCUT2D eigenvalue weighted by molar-refractivity contribution is 5.99. The lowest BCUT2D eigenvalue weighted by molar-refractivity contribution is 0.0322. The zero-order valence-corrected chi connectivity index (χ0v) is 19.6. The van der Waals surface area contributed by atoms with Crippen molar-refractivity contribution in [2.24, 2.45) is 0 Å². The van der Waals surface area contributed by atoms with E-state index in [1.807, 2.05) is 24.3 Å². The highest BCUT2D eigenvalue weighted by atomic mass is 16.5. The lowest BCUT2D eigenvalue weighted by Gasteiger charge is -2.26. The summed E-state index contributed by atoms with van der Waals surface area (Å²) in [6, 6.07) is 12.3. The smallest absolute Gasteiger partial charge is 0.323 e. The van der Waals surface area contributed by atoms with Crippen LogP contribution in [-0.2, 0) is 4.74 Å². The van der Waals surface area contributed by atoms with Crippen LogP contribution in [0.5, 0.6) is 5.75 Å². The molecule has 10 nitrogen and oxygen atoms in total. The predicted molar refractivity (Wildman–Crippen MR) is 135 cm³/mol. The number of benzene rings is 1. The van der Waals surface area contributed by atoms with Gasteiger partial charge >= 0.3 is 6.03 Å². The van der Waals surface area contributed by atoms with Crippen molar-refractivity contribution in [3.05, 3.63) is 78.5 Å². The van der Waals surface area contributed by atoms with Gasteiger partial charge in [0.2, 0.25) is 0 Å². The number of nitrogens with zero attached hydrogens (tertiary/aromatic N) is 5. The number of amides is 2. The van der Waals surface area contributed by atoms with Gasteiger partial charge in [0, 0.05) is 43.3 Å². The minimum atomic E-state index is -0.381. The Hall–Kier alpha value is -4.46. The van der Waals surface area contributed by atoms with Crippen LogP contribution in [0.1, 0.15) is 11.3 Å². The largest absolute Gasteiger partial charge is 0.492 e. The molecule has 2 amide bonds. The lowest BCUT2D eigenvalue weighted by Crippen LogP contribution is -2.38. The van der Waals surface area contributed by atoms with Gasteiger partial charge in [-0.25, -0.2) is 14.3 Å². The minimum absolute atomic E-state index is 0.381. The molecule has 182 valence electrons. The van der Waals surface area contributed by atoms with Gasteiger partial charge in [-0.3, -0.25) is 9.88 Å². The molecule has 4 heterocycles. The van der Waals surface area contributed by atoms with Crippen molar-refractivity contribution in [3.8, 4) is 17.6 Å². The van der Waals surface area contributed by atoms with E-state index in [0.717, 1.165) is 44.2 Å². The Morgan fingerprint density at radius 3 is 2.72 bits per heavy atom. The molecule has 0 aliphatic carbocycles. The van der Waals surface area contributed by atoms with Gasteiger partial charge in [0.25, 0.3) is 0 Å². The van der Waals surface area contributed by atoms with Crippen LogP contribution in [-0.4, -0.2) is 70.0 Å². The topological polar surface area (TPSA) is 106 Å². The van der Waals surface area contributed by atoms with Crippen LogP contribution in [0.3, 0.4) is 0 Å². The molecule has 1 fully saturated rings. The summed E-state index contributed by atoms with van der Waals surface area (Å²) in [5, 5.41) is 9.84. The first kappa shape index (κ1) is 23.3. The van der Waals surface area contributed by atoms with Crippen molar-refractivity contribution in [2.75, 3.05) is 50.1 Å². The number of hydrogen-bond donors (Lipinski definition) is 2. The molecule has 0 radical (unpaired) electrons. The summed E-state index contributed by atoms with van der Waals surface area (Å²) >= 11 is 0. The highest BCUT2D eigenvalue weighted by Gasteiger charge is 2.10. The molecule has 5 rings (SSSR count). The van der Waals surface area contributed by atoms with Crippen molar-refractivity contribution in [2.45, 2.75) is 0 Å². The number of fused-ring (bicyclic) bond motifs is 1. The Balaban J connectivity index is 1.13. The first-order valence-electron chi connectivity index (χ1n) is 11.6. The fourth-order valence-electron chi connectivity index (χ4n) is 3.67. The minimum Gasteiger partial charge on any atom is -0.492 e. The molecule has 1 aliphatic heterocycles. The van der Waals surface area contributed by atoms with Gasteiger partial charge < -0.3 is 20.1 Å². The maximum Gasteiger partial charge on any atom is 0.323 e. The maximum absolute atomic E-state index is 12.5. The molecule has 0 saturated carbocycles. The summed E-state index contributed by atoms with van der Waals surface area (Å²) < 4.78 is 12.8. The standard InChI is InChI=1S/C26H25N7O3/c34-26(30-21-4-7-24(8-5-21)36-15-12-32-10-13-35-14-11-32)31-22-16-20(17-27-18-22)3-6-23-19-28-25-2-1-9-29-33(23)25/h1-2,4-5,7-9,16-19H,10-15H2,(H2,30,31,34). The van der Waals surface area contributed by atoms with E-state index in [1.165, 1.54) is 0 Å². The molecule has 1 aromatic carbocycles. The first-order valence-corrected chi connectivity index (χ1v) is 11.6. The number of aromatic nitrogens is 4. The Labute approximate surface area is 208 Å². The van der Waals surface area contributed by atoms with Gasteiger partial charge in [0.05, 0.1) is 31.3 Å². The molecule has 1 aliphatic rings. The highest BCUT2D eigenvalue weighted by Crippen LogP contribution is 2.16. The molecular weight excluding hydrogens is 458 g/mol. The third-order valence-corrected chi connectivity index (χ3v) is 5.50. The number of nitrogens with one attached hydrogen (secondary N) is 2. The molecule has 1 saturated heterocycles. The summed E-state index contributed by atoms with van der Waals surface area (Å²) in [6.07, 6.45) is 6.53. The molecule has 3 aromatic heterocycles. The summed E-state index contributed by atoms with van der Waals surface area (Å²) in [5.74, 6) is 6.84. The van der Waals surface area contributed by atoms with E-state index < -0.39 is 0 Å². The van der Waals surface area contributed by atoms with Crippen LogP contribution >= 0.6 is 0 Å². The van der Waals surface area contributed by atoms with Gasteiger partial charge in [-0.1, -0.05) is 5.92 Å². The molecule has 36 heavy (non-hydrogen) atoms. The van der Waals surface area contributed by atoms with E-state index in [9.17, 15) is 4.79 Å². The van der Waals surface area contributed by atoms with E-state index >= 15 is 0 Å². The number of morpholine rings is 1. The van der Waals surface area contributed by atoms with Gasteiger partial charge in [0.1, 0.15) is 18.1 Å². The van der Waals surface area contributed by atoms with Gasteiger partial charge in [-0.05, 0) is 48.4 Å². The zero-order chi connectivity index (χ0) is 24.6. The molecule has 0 unspecified atom stereocenters. The fraction of sp³-hybridized carbons (Fsp3) is 0.231. The van der Waals surface area contributed by atoms with Crippen molar-refractivity contribution in [1.82, 2.24) is 24.5 Å². The maximum atomic E-state index is 12.5. The average molecular weight is 484 g/mol. The SMILES string of the molecule is O=C(Nc1ccc(OCCN2CCOCC2)cc1)Nc1cncc(C#Cc2cnc3cccnn23)c1. The monoisotopic (exact) mass is 483 g/mol. The van der Waals surface area contributed by atoms with E-state index in [4.69, 9.17) is 9.47 Å². The van der Waals surface area contributed by atoms with Crippen LogP contribution in [0, 0.1) is 11.8 Å². The molecular formula is C26H25N7O3. The molecule has 0 atom stereocenters. The first-order chi connectivity index (χ1) is 17.7. The van der Waals surface area contributed by atoms with E-state index in [-0.39, 0.29) is 6.03 Å². The zero-order valence-electron chi connectivity index (χ0n) is 19.6. The van der Waals surface area contributed by atoms with Gasteiger partial charge in [0.15, 0.2) is 5.65 Å². The Morgan fingerprint density at radius 1 is 1.03 bits per heavy atom. The Kier molecular flexibility index (Phi) is 7.32. The fourth-order valence-corrected chi connectivity index (χ4v) is 3.67. The number of hydrogen-bond acceptors (Lipinski definition) is 7. The summed E-state index contributed by atoms with van der Waals surface area (Å²) in [6.45, 7) is 4.89.